The lowest BCUT2D eigenvalue weighted by Crippen LogP contribution is -2.01. The molecule has 1 heterocycles. The summed E-state index contributed by atoms with van der Waals surface area (Å²) >= 11 is 0. The van der Waals surface area contributed by atoms with Gasteiger partial charge in [-0.1, -0.05) is 0 Å². The van der Waals surface area contributed by atoms with Gasteiger partial charge in [0.15, 0.2) is 11.5 Å². The Kier molecular flexibility index (Phi) is 4.62. The van der Waals surface area contributed by atoms with E-state index < -0.39 is 5.63 Å². The van der Waals surface area contributed by atoms with Crippen molar-refractivity contribution in [3.05, 3.63) is 40.8 Å². The van der Waals surface area contributed by atoms with Gasteiger partial charge in [0.25, 0.3) is 0 Å². The van der Waals surface area contributed by atoms with Crippen molar-refractivity contribution in [2.75, 3.05) is 28.4 Å². The van der Waals surface area contributed by atoms with Gasteiger partial charge in [0.2, 0.25) is 5.75 Å². The first kappa shape index (κ1) is 17.5. The molecule has 2 aromatic carbocycles. The van der Waals surface area contributed by atoms with E-state index in [1.54, 1.807) is 24.3 Å². The summed E-state index contributed by atoms with van der Waals surface area (Å²) in [5.74, 6) is 1.28. The highest BCUT2D eigenvalue weighted by atomic mass is 16.5. The lowest BCUT2D eigenvalue weighted by atomic mass is 10.00. The van der Waals surface area contributed by atoms with Crippen molar-refractivity contribution in [3.8, 4) is 39.9 Å². The Morgan fingerprint density at radius 3 is 1.96 bits per heavy atom. The van der Waals surface area contributed by atoms with E-state index in [9.17, 15) is 9.90 Å². The lowest BCUT2D eigenvalue weighted by Gasteiger charge is -2.14. The molecular formula is C19H18O7. The van der Waals surface area contributed by atoms with Crippen LogP contribution >= 0.6 is 0 Å². The van der Waals surface area contributed by atoms with E-state index in [0.29, 0.717) is 33.6 Å². The molecule has 1 aromatic heterocycles. The fraction of sp³-hybridized carbons (Fsp3) is 0.211. The number of rotatable bonds is 5. The number of hydrogen-bond donors (Lipinski definition) is 1. The van der Waals surface area contributed by atoms with Gasteiger partial charge >= 0.3 is 5.63 Å². The number of benzene rings is 2. The fourth-order valence-electron chi connectivity index (χ4n) is 2.80. The number of ether oxygens (including phenoxy) is 4. The lowest BCUT2D eigenvalue weighted by molar-refractivity contribution is 0.340. The molecule has 7 nitrogen and oxygen atoms in total. The summed E-state index contributed by atoms with van der Waals surface area (Å²) in [5, 5.41) is 10.7. The van der Waals surface area contributed by atoms with Crippen LogP contribution in [0.2, 0.25) is 0 Å². The molecule has 136 valence electrons. The molecule has 3 aromatic rings. The third-order valence-electron chi connectivity index (χ3n) is 4.03. The van der Waals surface area contributed by atoms with Crippen LogP contribution in [0.25, 0.3) is 22.1 Å². The standard InChI is InChI=1S/C19H18O7/c1-22-11-7-13(23-2)18-12(9-17(20)26-14(18)8-11)10-5-15(24-3)19(21)16(6-10)25-4/h5-9,21H,1-4H3. The zero-order valence-corrected chi connectivity index (χ0v) is 14.8. The van der Waals surface area contributed by atoms with E-state index in [1.807, 2.05) is 0 Å². The fourth-order valence-corrected chi connectivity index (χ4v) is 2.80. The van der Waals surface area contributed by atoms with Crippen molar-refractivity contribution < 1.29 is 28.5 Å². The first-order valence-corrected chi connectivity index (χ1v) is 7.67. The Labute approximate surface area is 149 Å². The topological polar surface area (TPSA) is 87.4 Å². The van der Waals surface area contributed by atoms with Gasteiger partial charge in [0, 0.05) is 23.8 Å². The van der Waals surface area contributed by atoms with E-state index >= 15 is 0 Å². The normalized spacial score (nSPS) is 10.6. The quantitative estimate of drug-likeness (QED) is 0.701. The Bertz CT molecular complexity index is 995. The van der Waals surface area contributed by atoms with Crippen LogP contribution in [0.5, 0.6) is 28.7 Å². The van der Waals surface area contributed by atoms with Gasteiger partial charge in [-0.25, -0.2) is 4.79 Å². The smallest absolute Gasteiger partial charge is 0.336 e. The number of methoxy groups -OCH3 is 4. The van der Waals surface area contributed by atoms with Crippen LogP contribution in [0.15, 0.2) is 39.5 Å². The first-order chi connectivity index (χ1) is 12.5. The average molecular weight is 358 g/mol. The molecule has 0 aliphatic heterocycles. The van der Waals surface area contributed by atoms with Crippen LogP contribution in [-0.4, -0.2) is 33.5 Å². The molecule has 0 atom stereocenters. The van der Waals surface area contributed by atoms with Crippen molar-refractivity contribution in [1.82, 2.24) is 0 Å². The Hall–Kier alpha value is -3.35. The van der Waals surface area contributed by atoms with Crippen molar-refractivity contribution in [2.24, 2.45) is 0 Å². The minimum atomic E-state index is -0.534. The summed E-state index contributed by atoms with van der Waals surface area (Å²) in [6, 6.07) is 7.87. The highest BCUT2D eigenvalue weighted by Gasteiger charge is 2.18. The van der Waals surface area contributed by atoms with Gasteiger partial charge in [0.1, 0.15) is 17.1 Å². The molecule has 0 spiro atoms. The molecule has 0 unspecified atom stereocenters. The van der Waals surface area contributed by atoms with Crippen LogP contribution in [0.4, 0.5) is 0 Å². The molecule has 0 bridgehead atoms. The van der Waals surface area contributed by atoms with E-state index in [1.165, 1.54) is 34.5 Å². The number of phenolic OH excluding ortho intramolecular Hbond substituents is 1. The molecule has 1 N–H and O–H groups in total. The maximum atomic E-state index is 12.1. The highest BCUT2D eigenvalue weighted by molar-refractivity contribution is 5.99. The maximum Gasteiger partial charge on any atom is 0.336 e. The molecule has 0 saturated heterocycles. The molecule has 26 heavy (non-hydrogen) atoms. The molecule has 0 fully saturated rings. The Morgan fingerprint density at radius 2 is 1.42 bits per heavy atom. The van der Waals surface area contributed by atoms with Gasteiger partial charge in [-0.05, 0) is 17.7 Å². The first-order valence-electron chi connectivity index (χ1n) is 7.67. The second-order valence-corrected chi connectivity index (χ2v) is 5.41. The maximum absolute atomic E-state index is 12.1. The number of hydrogen-bond acceptors (Lipinski definition) is 7. The summed E-state index contributed by atoms with van der Waals surface area (Å²) in [5.41, 5.74) is 0.925. The molecule has 0 amide bonds. The van der Waals surface area contributed by atoms with Crippen LogP contribution in [0.1, 0.15) is 0 Å². The van der Waals surface area contributed by atoms with Crippen molar-refractivity contribution >= 4 is 11.0 Å². The zero-order chi connectivity index (χ0) is 18.8. The number of phenols is 1. The second-order valence-electron chi connectivity index (χ2n) is 5.41. The zero-order valence-electron chi connectivity index (χ0n) is 14.8. The summed E-state index contributed by atoms with van der Waals surface area (Å²) in [4.78, 5) is 12.1. The molecule has 0 radical (unpaired) electrons. The number of fused-ring (bicyclic) bond motifs is 1. The predicted octanol–water partition coefficient (Wildman–Crippen LogP) is 3.20. The van der Waals surface area contributed by atoms with Gasteiger partial charge in [-0.2, -0.15) is 0 Å². The minimum absolute atomic E-state index is 0.125. The van der Waals surface area contributed by atoms with Gasteiger partial charge in [-0.3, -0.25) is 0 Å². The molecular weight excluding hydrogens is 340 g/mol. The summed E-state index contributed by atoms with van der Waals surface area (Å²) in [6.07, 6.45) is 0. The SMILES string of the molecule is COc1cc(OC)c2c(-c3cc(OC)c(O)c(OC)c3)cc(=O)oc2c1. The van der Waals surface area contributed by atoms with E-state index in [0.717, 1.165) is 0 Å². The van der Waals surface area contributed by atoms with Gasteiger partial charge in [0.05, 0.1) is 33.8 Å². The highest BCUT2D eigenvalue weighted by Crippen LogP contribution is 2.43. The Morgan fingerprint density at radius 1 is 0.808 bits per heavy atom. The van der Waals surface area contributed by atoms with E-state index in [-0.39, 0.29) is 17.2 Å². The molecule has 3 rings (SSSR count). The average Bonchev–Trinajstić information content (AvgIpc) is 2.66. The third kappa shape index (κ3) is 2.88. The predicted molar refractivity (Wildman–Crippen MR) is 95.8 cm³/mol. The van der Waals surface area contributed by atoms with Gasteiger partial charge in [-0.15, -0.1) is 0 Å². The molecule has 0 aliphatic carbocycles. The van der Waals surface area contributed by atoms with Crippen molar-refractivity contribution in [2.45, 2.75) is 0 Å². The molecule has 0 saturated carbocycles. The van der Waals surface area contributed by atoms with E-state index in [4.69, 9.17) is 23.4 Å². The van der Waals surface area contributed by atoms with E-state index in [2.05, 4.69) is 0 Å². The van der Waals surface area contributed by atoms with Gasteiger partial charge < -0.3 is 28.5 Å². The monoisotopic (exact) mass is 358 g/mol. The minimum Gasteiger partial charge on any atom is -0.502 e. The largest absolute Gasteiger partial charge is 0.502 e. The third-order valence-corrected chi connectivity index (χ3v) is 4.03. The van der Waals surface area contributed by atoms with Crippen molar-refractivity contribution in [3.63, 3.8) is 0 Å². The summed E-state index contributed by atoms with van der Waals surface area (Å²) in [6.45, 7) is 0. The summed E-state index contributed by atoms with van der Waals surface area (Å²) < 4.78 is 26.4. The molecule has 0 aliphatic rings. The van der Waals surface area contributed by atoms with Crippen LogP contribution in [0, 0.1) is 0 Å². The number of aromatic hydroxyl groups is 1. The van der Waals surface area contributed by atoms with Crippen LogP contribution < -0.4 is 24.6 Å². The Balaban J connectivity index is 2.40. The van der Waals surface area contributed by atoms with Crippen LogP contribution in [-0.2, 0) is 0 Å². The van der Waals surface area contributed by atoms with Crippen molar-refractivity contribution in [1.29, 1.82) is 0 Å². The second kappa shape index (κ2) is 6.87. The van der Waals surface area contributed by atoms with Crippen LogP contribution in [0.3, 0.4) is 0 Å². The molecule has 7 heteroatoms. The summed E-state index contributed by atoms with van der Waals surface area (Å²) in [7, 11) is 5.89.